The summed E-state index contributed by atoms with van der Waals surface area (Å²) in [5.41, 5.74) is -1.42. The van der Waals surface area contributed by atoms with Crippen molar-refractivity contribution < 1.29 is 23.0 Å². The molecule has 34 heavy (non-hydrogen) atoms. The third-order valence-electron chi connectivity index (χ3n) is 5.56. The molecule has 0 aliphatic heterocycles. The molecule has 11 heteroatoms. The molecule has 0 radical (unpaired) electrons. The van der Waals surface area contributed by atoms with Gasteiger partial charge in [0, 0.05) is 26.6 Å². The molecule has 0 atom stereocenters. The number of nitrogens with zero attached hydrogens (tertiary/aromatic N) is 4. The van der Waals surface area contributed by atoms with E-state index in [-0.39, 0.29) is 55.5 Å². The Bertz CT molecular complexity index is 1380. The molecule has 0 bridgehead atoms. The number of alkyl halides is 3. The molecular formula is C23H23F3N4O4. The van der Waals surface area contributed by atoms with Crippen LogP contribution in [0.4, 0.5) is 13.2 Å². The van der Waals surface area contributed by atoms with Crippen LogP contribution in [0.3, 0.4) is 0 Å². The molecule has 1 aliphatic carbocycles. The topological polar surface area (TPSA) is 91.3 Å². The number of benzene rings is 1. The average Bonchev–Trinajstić information content (AvgIpc) is 3.16. The monoisotopic (exact) mass is 476 g/mol. The van der Waals surface area contributed by atoms with Crippen molar-refractivity contribution >= 4 is 11.2 Å². The maximum absolute atomic E-state index is 13.6. The maximum atomic E-state index is 13.6. The largest absolute Gasteiger partial charge is 0.429 e. The highest BCUT2D eigenvalue weighted by atomic mass is 19.4. The molecule has 0 saturated heterocycles. The number of hydrogen-bond acceptors (Lipinski definition) is 5. The van der Waals surface area contributed by atoms with E-state index in [2.05, 4.69) is 4.98 Å². The summed E-state index contributed by atoms with van der Waals surface area (Å²) in [7, 11) is 1.42. The van der Waals surface area contributed by atoms with Crippen LogP contribution in [0.1, 0.15) is 24.8 Å². The van der Waals surface area contributed by atoms with E-state index in [0.717, 1.165) is 20.8 Å². The Kier molecular flexibility index (Phi) is 6.47. The molecule has 0 fully saturated rings. The van der Waals surface area contributed by atoms with E-state index in [1.807, 2.05) is 6.07 Å². The van der Waals surface area contributed by atoms with Crippen molar-refractivity contribution in [3.8, 4) is 6.01 Å². The smallest absolute Gasteiger partial charge is 0.419 e. The standard InChI is InChI=1S/C23H23F3N4O4/c1-28-19-18(20(32)29(22(28)33)12-7-13-31)30(14-15-8-3-2-4-9-15)21(27-19)34-17-11-6-5-10-16(17)23(24,25)26/h2-5,8-10,31H,6-7,11-14H2,1H3. The van der Waals surface area contributed by atoms with Crippen molar-refractivity contribution in [2.24, 2.45) is 7.05 Å². The second-order valence-electron chi connectivity index (χ2n) is 7.89. The first kappa shape index (κ1) is 23.6. The van der Waals surface area contributed by atoms with Crippen LogP contribution in [-0.4, -0.2) is 36.6 Å². The Labute approximate surface area is 191 Å². The number of hydrogen-bond donors (Lipinski definition) is 1. The second-order valence-corrected chi connectivity index (χ2v) is 7.89. The predicted molar refractivity (Wildman–Crippen MR) is 119 cm³/mol. The highest BCUT2D eigenvalue weighted by Gasteiger charge is 2.37. The fourth-order valence-corrected chi connectivity index (χ4v) is 3.88. The lowest BCUT2D eigenvalue weighted by molar-refractivity contribution is -0.0911. The van der Waals surface area contributed by atoms with Gasteiger partial charge in [-0.05, 0) is 18.4 Å². The van der Waals surface area contributed by atoms with E-state index in [1.54, 1.807) is 24.3 Å². The average molecular weight is 476 g/mol. The van der Waals surface area contributed by atoms with Crippen molar-refractivity contribution in [1.29, 1.82) is 0 Å². The van der Waals surface area contributed by atoms with Crippen LogP contribution in [0.15, 0.2) is 63.4 Å². The van der Waals surface area contributed by atoms with E-state index < -0.39 is 23.0 Å². The molecular weight excluding hydrogens is 453 g/mol. The summed E-state index contributed by atoms with van der Waals surface area (Å²) in [5, 5.41) is 9.15. The number of ether oxygens (including phenoxy) is 1. The molecule has 4 rings (SSSR count). The minimum absolute atomic E-state index is 0.00156. The third kappa shape index (κ3) is 4.43. The SMILES string of the molecule is Cn1c(=O)n(CCCO)c(=O)c2c1nc(OC1=C(C(F)(F)F)C=CCC1)n2Cc1ccccc1. The highest BCUT2D eigenvalue weighted by Crippen LogP contribution is 2.35. The molecule has 1 N–H and O–H groups in total. The van der Waals surface area contributed by atoms with E-state index in [0.29, 0.717) is 6.42 Å². The van der Waals surface area contributed by atoms with Gasteiger partial charge in [0.15, 0.2) is 11.2 Å². The minimum Gasteiger partial charge on any atom is -0.429 e. The predicted octanol–water partition coefficient (Wildman–Crippen LogP) is 2.87. The Morgan fingerprint density at radius 1 is 1.15 bits per heavy atom. The highest BCUT2D eigenvalue weighted by molar-refractivity contribution is 5.72. The van der Waals surface area contributed by atoms with Crippen molar-refractivity contribution in [3.05, 3.63) is 80.2 Å². The first-order valence-electron chi connectivity index (χ1n) is 10.7. The summed E-state index contributed by atoms with van der Waals surface area (Å²) in [6, 6.07) is 8.78. The van der Waals surface area contributed by atoms with Crippen LogP contribution in [0, 0.1) is 0 Å². The van der Waals surface area contributed by atoms with Crippen molar-refractivity contribution in [2.75, 3.05) is 6.61 Å². The summed E-state index contributed by atoms with van der Waals surface area (Å²) in [5.74, 6) is -0.301. The van der Waals surface area contributed by atoms with Gasteiger partial charge in [0.25, 0.3) is 5.56 Å². The number of aromatic nitrogens is 4. The zero-order valence-corrected chi connectivity index (χ0v) is 18.4. The number of imidazole rings is 1. The lowest BCUT2D eigenvalue weighted by Crippen LogP contribution is -2.39. The molecule has 1 aromatic carbocycles. The zero-order chi connectivity index (χ0) is 24.5. The summed E-state index contributed by atoms with van der Waals surface area (Å²) in [6.07, 6.45) is -1.66. The maximum Gasteiger partial charge on any atom is 0.419 e. The fourth-order valence-electron chi connectivity index (χ4n) is 3.88. The van der Waals surface area contributed by atoms with Crippen LogP contribution in [0.2, 0.25) is 0 Å². The van der Waals surface area contributed by atoms with Gasteiger partial charge in [0.1, 0.15) is 5.76 Å². The fraction of sp³-hybridized carbons (Fsp3) is 0.348. The number of rotatable bonds is 7. The van der Waals surface area contributed by atoms with Crippen LogP contribution >= 0.6 is 0 Å². The van der Waals surface area contributed by atoms with Crippen LogP contribution in [0.25, 0.3) is 11.2 Å². The Morgan fingerprint density at radius 2 is 1.88 bits per heavy atom. The number of fused-ring (bicyclic) bond motifs is 1. The molecule has 8 nitrogen and oxygen atoms in total. The van der Waals surface area contributed by atoms with Crippen LogP contribution in [-0.2, 0) is 20.1 Å². The number of aliphatic hydroxyl groups is 1. The van der Waals surface area contributed by atoms with Crippen LogP contribution in [0.5, 0.6) is 6.01 Å². The minimum atomic E-state index is -4.62. The van der Waals surface area contributed by atoms with E-state index in [4.69, 9.17) is 9.84 Å². The molecule has 0 saturated carbocycles. The first-order chi connectivity index (χ1) is 16.2. The van der Waals surface area contributed by atoms with Gasteiger partial charge in [0.2, 0.25) is 0 Å². The second kappa shape index (κ2) is 9.34. The van der Waals surface area contributed by atoms with Gasteiger partial charge in [-0.25, -0.2) is 4.79 Å². The third-order valence-corrected chi connectivity index (χ3v) is 5.56. The number of halogens is 3. The molecule has 0 spiro atoms. The lowest BCUT2D eigenvalue weighted by Gasteiger charge is -2.19. The zero-order valence-electron chi connectivity index (χ0n) is 18.4. The van der Waals surface area contributed by atoms with Gasteiger partial charge in [0.05, 0.1) is 12.1 Å². The van der Waals surface area contributed by atoms with Crippen molar-refractivity contribution in [1.82, 2.24) is 18.7 Å². The van der Waals surface area contributed by atoms with Gasteiger partial charge in [-0.2, -0.15) is 18.2 Å². The summed E-state index contributed by atoms with van der Waals surface area (Å²) < 4.78 is 49.9. The molecule has 2 heterocycles. The first-order valence-corrected chi connectivity index (χ1v) is 10.7. The van der Waals surface area contributed by atoms with Gasteiger partial charge >= 0.3 is 17.9 Å². The van der Waals surface area contributed by atoms with Crippen molar-refractivity contribution in [3.63, 3.8) is 0 Å². The Balaban J connectivity index is 1.95. The number of aryl methyl sites for hydroxylation is 1. The van der Waals surface area contributed by atoms with Gasteiger partial charge in [-0.15, -0.1) is 0 Å². The Hall–Kier alpha value is -3.60. The van der Waals surface area contributed by atoms with Crippen molar-refractivity contribution in [2.45, 2.75) is 38.5 Å². The summed E-state index contributed by atoms with van der Waals surface area (Å²) >= 11 is 0. The number of allylic oxidation sites excluding steroid dienone is 4. The van der Waals surface area contributed by atoms with Crippen LogP contribution < -0.4 is 16.0 Å². The molecule has 3 aromatic rings. The van der Waals surface area contributed by atoms with Gasteiger partial charge < -0.3 is 9.84 Å². The van der Waals surface area contributed by atoms with Gasteiger partial charge in [-0.3, -0.25) is 18.5 Å². The molecule has 0 amide bonds. The van der Waals surface area contributed by atoms with E-state index >= 15 is 0 Å². The summed E-state index contributed by atoms with van der Waals surface area (Å²) in [4.78, 5) is 30.3. The summed E-state index contributed by atoms with van der Waals surface area (Å²) in [6.45, 7) is -0.142. The quantitative estimate of drug-likeness (QED) is 0.566. The molecule has 180 valence electrons. The van der Waals surface area contributed by atoms with E-state index in [9.17, 15) is 22.8 Å². The lowest BCUT2D eigenvalue weighted by atomic mass is 10.0. The van der Waals surface area contributed by atoms with E-state index in [1.165, 1.54) is 17.7 Å². The Morgan fingerprint density at radius 3 is 2.56 bits per heavy atom. The normalized spacial score (nSPS) is 14.3. The van der Waals surface area contributed by atoms with Gasteiger partial charge in [-0.1, -0.05) is 42.5 Å². The molecule has 1 aliphatic rings. The molecule has 0 unspecified atom stereocenters. The number of aliphatic hydroxyl groups excluding tert-OH is 1. The molecule has 2 aromatic heterocycles.